The van der Waals surface area contributed by atoms with Gasteiger partial charge in [-0.1, -0.05) is 0 Å². The Morgan fingerprint density at radius 1 is 1.11 bits per heavy atom. The van der Waals surface area contributed by atoms with E-state index in [0.717, 1.165) is 22.5 Å². The Hall–Kier alpha value is -2.36. The predicted octanol–water partition coefficient (Wildman–Crippen LogP) is 3.34. The van der Waals surface area contributed by atoms with Crippen molar-refractivity contribution in [1.29, 1.82) is 0 Å². The number of imidazole rings is 1. The Morgan fingerprint density at radius 3 is 2.47 bits per heavy atom. The summed E-state index contributed by atoms with van der Waals surface area (Å²) in [6.45, 7) is 4.02. The standard InChI is InChI=1S/C15H14FN3/c1-9-7-10(2)19-13(8-9)18-14(15(19)17)11-3-5-12(16)6-4-11/h3-8H,17H2,1-2H3. The third-order valence-electron chi connectivity index (χ3n) is 3.20. The molecule has 0 radical (unpaired) electrons. The number of nitrogen functional groups attached to an aromatic ring is 1. The Labute approximate surface area is 110 Å². The minimum Gasteiger partial charge on any atom is -0.383 e. The maximum absolute atomic E-state index is 13.0. The second kappa shape index (κ2) is 4.09. The van der Waals surface area contributed by atoms with Crippen LogP contribution in [0.25, 0.3) is 16.9 Å². The van der Waals surface area contributed by atoms with E-state index < -0.39 is 0 Å². The molecule has 0 saturated heterocycles. The molecule has 1 aromatic carbocycles. The van der Waals surface area contributed by atoms with Crippen molar-refractivity contribution in [3.05, 3.63) is 53.5 Å². The van der Waals surface area contributed by atoms with Crippen LogP contribution in [-0.4, -0.2) is 9.38 Å². The van der Waals surface area contributed by atoms with Crippen molar-refractivity contribution in [3.8, 4) is 11.3 Å². The highest BCUT2D eigenvalue weighted by molar-refractivity contribution is 5.75. The number of fused-ring (bicyclic) bond motifs is 1. The first-order valence-corrected chi connectivity index (χ1v) is 6.07. The molecule has 0 fully saturated rings. The number of anilines is 1. The molecular formula is C15H14FN3. The SMILES string of the molecule is Cc1cc(C)n2c(N)c(-c3ccc(F)cc3)nc2c1. The van der Waals surface area contributed by atoms with E-state index in [-0.39, 0.29) is 5.82 Å². The fourth-order valence-corrected chi connectivity index (χ4v) is 2.38. The summed E-state index contributed by atoms with van der Waals surface area (Å²) in [4.78, 5) is 4.55. The molecule has 19 heavy (non-hydrogen) atoms. The van der Waals surface area contributed by atoms with E-state index in [2.05, 4.69) is 11.1 Å². The van der Waals surface area contributed by atoms with E-state index >= 15 is 0 Å². The Balaban J connectivity index is 2.28. The topological polar surface area (TPSA) is 43.3 Å². The number of rotatable bonds is 1. The summed E-state index contributed by atoms with van der Waals surface area (Å²) in [7, 11) is 0. The van der Waals surface area contributed by atoms with E-state index in [1.54, 1.807) is 12.1 Å². The van der Waals surface area contributed by atoms with Gasteiger partial charge in [-0.05, 0) is 55.8 Å². The summed E-state index contributed by atoms with van der Waals surface area (Å²) in [6, 6.07) is 10.2. The van der Waals surface area contributed by atoms with Crippen molar-refractivity contribution in [2.75, 3.05) is 5.73 Å². The van der Waals surface area contributed by atoms with Crippen molar-refractivity contribution in [1.82, 2.24) is 9.38 Å². The van der Waals surface area contributed by atoms with Crippen molar-refractivity contribution >= 4 is 11.5 Å². The Kier molecular flexibility index (Phi) is 2.52. The lowest BCUT2D eigenvalue weighted by Gasteiger charge is -2.03. The second-order valence-corrected chi connectivity index (χ2v) is 4.72. The summed E-state index contributed by atoms with van der Waals surface area (Å²) in [5.74, 6) is 0.317. The lowest BCUT2D eigenvalue weighted by Crippen LogP contribution is -1.98. The molecule has 2 aromatic heterocycles. The molecule has 2 heterocycles. The molecule has 0 unspecified atom stereocenters. The van der Waals surface area contributed by atoms with Crippen molar-refractivity contribution in [2.45, 2.75) is 13.8 Å². The number of benzene rings is 1. The van der Waals surface area contributed by atoms with Gasteiger partial charge in [-0.3, -0.25) is 4.40 Å². The van der Waals surface area contributed by atoms with Crippen LogP contribution in [0.3, 0.4) is 0 Å². The summed E-state index contributed by atoms with van der Waals surface area (Å²) in [5, 5.41) is 0. The quantitative estimate of drug-likeness (QED) is 0.724. The van der Waals surface area contributed by atoms with Gasteiger partial charge >= 0.3 is 0 Å². The smallest absolute Gasteiger partial charge is 0.139 e. The first kappa shape index (κ1) is 11.7. The van der Waals surface area contributed by atoms with Crippen LogP contribution in [0.15, 0.2) is 36.4 Å². The number of pyridine rings is 1. The number of aryl methyl sites for hydroxylation is 2. The summed E-state index contributed by atoms with van der Waals surface area (Å²) in [6.07, 6.45) is 0. The highest BCUT2D eigenvalue weighted by atomic mass is 19.1. The zero-order valence-corrected chi connectivity index (χ0v) is 10.8. The Morgan fingerprint density at radius 2 is 1.79 bits per heavy atom. The fourth-order valence-electron chi connectivity index (χ4n) is 2.38. The molecule has 0 atom stereocenters. The number of hydrogen-bond acceptors (Lipinski definition) is 2. The largest absolute Gasteiger partial charge is 0.383 e. The lowest BCUT2D eigenvalue weighted by atomic mass is 10.1. The van der Waals surface area contributed by atoms with Crippen LogP contribution < -0.4 is 5.73 Å². The van der Waals surface area contributed by atoms with Gasteiger partial charge in [0.05, 0.1) is 0 Å². The normalized spacial score (nSPS) is 11.1. The summed E-state index contributed by atoms with van der Waals surface area (Å²) >= 11 is 0. The van der Waals surface area contributed by atoms with Crippen LogP contribution in [0.5, 0.6) is 0 Å². The van der Waals surface area contributed by atoms with Crippen LogP contribution in [0.4, 0.5) is 10.2 Å². The lowest BCUT2D eigenvalue weighted by molar-refractivity contribution is 0.628. The third kappa shape index (κ3) is 1.85. The van der Waals surface area contributed by atoms with E-state index in [0.29, 0.717) is 11.5 Å². The maximum atomic E-state index is 13.0. The molecule has 3 nitrogen and oxygen atoms in total. The number of halogens is 1. The molecule has 3 aromatic rings. The molecule has 0 aliphatic rings. The van der Waals surface area contributed by atoms with Gasteiger partial charge in [0.2, 0.25) is 0 Å². The van der Waals surface area contributed by atoms with Gasteiger partial charge in [0, 0.05) is 11.3 Å². The molecule has 0 spiro atoms. The zero-order valence-electron chi connectivity index (χ0n) is 10.8. The van der Waals surface area contributed by atoms with Crippen LogP contribution in [0.2, 0.25) is 0 Å². The molecule has 0 bridgehead atoms. The molecule has 2 N–H and O–H groups in total. The number of nitrogens with zero attached hydrogens (tertiary/aromatic N) is 2. The molecule has 3 rings (SSSR count). The first-order chi connectivity index (χ1) is 9.06. The van der Waals surface area contributed by atoms with Crippen molar-refractivity contribution in [2.24, 2.45) is 0 Å². The number of aromatic nitrogens is 2. The maximum Gasteiger partial charge on any atom is 0.139 e. The number of hydrogen-bond donors (Lipinski definition) is 1. The van der Waals surface area contributed by atoms with Crippen LogP contribution in [-0.2, 0) is 0 Å². The summed E-state index contributed by atoms with van der Waals surface area (Å²) < 4.78 is 14.9. The van der Waals surface area contributed by atoms with Crippen LogP contribution in [0.1, 0.15) is 11.3 Å². The Bertz CT molecular complexity index is 757. The van der Waals surface area contributed by atoms with Crippen molar-refractivity contribution in [3.63, 3.8) is 0 Å². The van der Waals surface area contributed by atoms with E-state index in [9.17, 15) is 4.39 Å². The highest BCUT2D eigenvalue weighted by Gasteiger charge is 2.13. The predicted molar refractivity (Wildman–Crippen MR) is 74.5 cm³/mol. The van der Waals surface area contributed by atoms with E-state index in [1.165, 1.54) is 12.1 Å². The average Bonchev–Trinajstić information content (AvgIpc) is 2.67. The minimum absolute atomic E-state index is 0.266. The monoisotopic (exact) mass is 255 g/mol. The van der Waals surface area contributed by atoms with Gasteiger partial charge in [0.1, 0.15) is 23.0 Å². The third-order valence-corrected chi connectivity index (χ3v) is 3.20. The van der Waals surface area contributed by atoms with Gasteiger partial charge in [0.25, 0.3) is 0 Å². The van der Waals surface area contributed by atoms with Gasteiger partial charge in [-0.15, -0.1) is 0 Å². The average molecular weight is 255 g/mol. The molecular weight excluding hydrogens is 241 g/mol. The van der Waals surface area contributed by atoms with Gasteiger partial charge in [0.15, 0.2) is 0 Å². The van der Waals surface area contributed by atoms with Crippen LogP contribution in [0, 0.1) is 19.7 Å². The molecule has 96 valence electrons. The first-order valence-electron chi connectivity index (χ1n) is 6.07. The summed E-state index contributed by atoms with van der Waals surface area (Å²) in [5.41, 5.74) is 10.7. The second-order valence-electron chi connectivity index (χ2n) is 4.72. The van der Waals surface area contributed by atoms with Gasteiger partial charge in [-0.2, -0.15) is 0 Å². The fraction of sp³-hybridized carbons (Fsp3) is 0.133. The van der Waals surface area contributed by atoms with E-state index in [1.807, 2.05) is 24.3 Å². The molecule has 0 aliphatic carbocycles. The van der Waals surface area contributed by atoms with Gasteiger partial charge < -0.3 is 5.73 Å². The van der Waals surface area contributed by atoms with E-state index in [4.69, 9.17) is 5.73 Å². The van der Waals surface area contributed by atoms with Gasteiger partial charge in [-0.25, -0.2) is 9.37 Å². The minimum atomic E-state index is -0.266. The molecule has 0 saturated carbocycles. The van der Waals surface area contributed by atoms with Crippen molar-refractivity contribution < 1.29 is 4.39 Å². The molecule has 0 amide bonds. The van der Waals surface area contributed by atoms with Crippen LogP contribution >= 0.6 is 0 Å². The molecule has 4 heteroatoms. The number of nitrogens with two attached hydrogens (primary N) is 1. The molecule has 0 aliphatic heterocycles. The zero-order chi connectivity index (χ0) is 13.6. The highest BCUT2D eigenvalue weighted by Crippen LogP contribution is 2.28.